The van der Waals surface area contributed by atoms with E-state index >= 15 is 0 Å². The summed E-state index contributed by atoms with van der Waals surface area (Å²) in [6.45, 7) is 2.38. The SMILES string of the molecule is CCC1SC(=O)N(Cc2ccc(NC(=O)C(C)=O)cc2)N=C1c1ccc(OC)c(OCF)c1. The second-order valence-electron chi connectivity index (χ2n) is 7.15. The summed E-state index contributed by atoms with van der Waals surface area (Å²) in [5, 5.41) is 8.13. The molecule has 0 fully saturated rings. The average molecular weight is 474 g/mol. The second kappa shape index (κ2) is 11.0. The molecule has 0 bridgehead atoms. The maximum absolute atomic E-state index is 12.8. The van der Waals surface area contributed by atoms with Crippen molar-refractivity contribution in [2.45, 2.75) is 32.1 Å². The van der Waals surface area contributed by atoms with Gasteiger partial charge in [0.15, 0.2) is 11.5 Å². The minimum absolute atomic E-state index is 0.162. The Morgan fingerprint density at radius 3 is 2.52 bits per heavy atom. The van der Waals surface area contributed by atoms with Gasteiger partial charge in [-0.1, -0.05) is 30.8 Å². The number of benzene rings is 2. The molecule has 3 rings (SSSR count). The molecule has 1 unspecified atom stereocenters. The van der Waals surface area contributed by atoms with Gasteiger partial charge >= 0.3 is 5.24 Å². The molecule has 0 saturated carbocycles. The molecule has 8 nitrogen and oxygen atoms in total. The molecule has 33 heavy (non-hydrogen) atoms. The Balaban J connectivity index is 1.85. The fraction of sp³-hybridized carbons (Fsp3) is 0.304. The number of amides is 2. The number of nitrogens with zero attached hydrogens (tertiary/aromatic N) is 2. The monoisotopic (exact) mass is 473 g/mol. The molecule has 0 radical (unpaired) electrons. The Morgan fingerprint density at radius 2 is 1.91 bits per heavy atom. The van der Waals surface area contributed by atoms with Crippen LogP contribution in [0.2, 0.25) is 0 Å². The van der Waals surface area contributed by atoms with Gasteiger partial charge < -0.3 is 14.8 Å². The van der Waals surface area contributed by atoms with Crippen molar-refractivity contribution in [3.8, 4) is 11.5 Å². The average Bonchev–Trinajstić information content (AvgIpc) is 2.81. The fourth-order valence-electron chi connectivity index (χ4n) is 3.19. The molecule has 0 aliphatic carbocycles. The third kappa shape index (κ3) is 5.89. The number of anilines is 1. The number of rotatable bonds is 9. The molecule has 1 atom stereocenters. The van der Waals surface area contributed by atoms with Crippen LogP contribution in [-0.4, -0.2) is 46.9 Å². The summed E-state index contributed by atoms with van der Waals surface area (Å²) in [7, 11) is 1.47. The number of carbonyl (C=O) groups is 3. The Hall–Kier alpha value is -3.40. The van der Waals surface area contributed by atoms with Gasteiger partial charge in [0.1, 0.15) is 0 Å². The van der Waals surface area contributed by atoms with Gasteiger partial charge in [-0.05, 0) is 42.3 Å². The van der Waals surface area contributed by atoms with Crippen LogP contribution in [0.1, 0.15) is 31.4 Å². The van der Waals surface area contributed by atoms with Crippen molar-refractivity contribution in [3.05, 3.63) is 53.6 Å². The van der Waals surface area contributed by atoms with Crippen LogP contribution in [0.15, 0.2) is 47.6 Å². The van der Waals surface area contributed by atoms with Gasteiger partial charge in [-0.15, -0.1) is 0 Å². The molecule has 10 heteroatoms. The molecule has 0 spiro atoms. The van der Waals surface area contributed by atoms with Crippen LogP contribution in [0.3, 0.4) is 0 Å². The summed E-state index contributed by atoms with van der Waals surface area (Å²) in [4.78, 5) is 35.3. The van der Waals surface area contributed by atoms with Crippen molar-refractivity contribution in [3.63, 3.8) is 0 Å². The van der Waals surface area contributed by atoms with E-state index in [1.165, 1.54) is 30.8 Å². The number of halogens is 1. The van der Waals surface area contributed by atoms with Crippen molar-refractivity contribution in [2.75, 3.05) is 19.3 Å². The fourth-order valence-corrected chi connectivity index (χ4v) is 4.12. The van der Waals surface area contributed by atoms with Gasteiger partial charge in [-0.2, -0.15) is 5.10 Å². The van der Waals surface area contributed by atoms with E-state index in [0.717, 1.165) is 5.56 Å². The van der Waals surface area contributed by atoms with E-state index in [9.17, 15) is 18.8 Å². The Labute approximate surface area is 195 Å². The van der Waals surface area contributed by atoms with Crippen LogP contribution in [-0.2, 0) is 16.1 Å². The highest BCUT2D eigenvalue weighted by atomic mass is 32.2. The molecule has 2 aromatic rings. The summed E-state index contributed by atoms with van der Waals surface area (Å²) >= 11 is 1.18. The number of carbonyl (C=O) groups excluding carboxylic acids is 3. The van der Waals surface area contributed by atoms with Crippen molar-refractivity contribution < 1.29 is 28.2 Å². The lowest BCUT2D eigenvalue weighted by atomic mass is 10.0. The van der Waals surface area contributed by atoms with E-state index < -0.39 is 18.6 Å². The number of alkyl halides is 1. The number of hydrogen-bond acceptors (Lipinski definition) is 7. The molecular formula is C23H24FN3O5S. The standard InChI is InChI=1S/C23H24FN3O5S/c1-4-20-21(16-7-10-18(31-3)19(11-16)32-13-24)26-27(23(30)33-20)12-15-5-8-17(9-6-15)25-22(29)14(2)28/h5-11,20H,4,12-13H2,1-3H3,(H,25,29). The van der Waals surface area contributed by atoms with E-state index in [-0.39, 0.29) is 22.8 Å². The van der Waals surface area contributed by atoms with Gasteiger partial charge in [0, 0.05) is 18.2 Å². The maximum atomic E-state index is 12.8. The minimum Gasteiger partial charge on any atom is -0.493 e. The molecule has 1 aliphatic rings. The zero-order valence-corrected chi connectivity index (χ0v) is 19.3. The lowest BCUT2D eigenvalue weighted by molar-refractivity contribution is -0.133. The largest absolute Gasteiger partial charge is 0.493 e. The molecule has 0 aromatic heterocycles. The van der Waals surface area contributed by atoms with Crippen molar-refractivity contribution in [2.24, 2.45) is 5.10 Å². The molecular weight excluding hydrogens is 449 g/mol. The lowest BCUT2D eigenvalue weighted by Crippen LogP contribution is -2.34. The van der Waals surface area contributed by atoms with E-state index in [1.807, 2.05) is 6.92 Å². The maximum Gasteiger partial charge on any atom is 0.302 e. The second-order valence-corrected chi connectivity index (χ2v) is 8.30. The summed E-state index contributed by atoms with van der Waals surface area (Å²) in [5.41, 5.74) is 2.66. The summed E-state index contributed by atoms with van der Waals surface area (Å²) in [6, 6.07) is 11.9. The molecule has 0 saturated heterocycles. The first-order chi connectivity index (χ1) is 15.9. The van der Waals surface area contributed by atoms with Crippen LogP contribution in [0.4, 0.5) is 14.9 Å². The predicted molar refractivity (Wildman–Crippen MR) is 124 cm³/mol. The summed E-state index contributed by atoms with van der Waals surface area (Å²) in [6.07, 6.45) is 0.680. The zero-order chi connectivity index (χ0) is 24.0. The van der Waals surface area contributed by atoms with E-state index in [2.05, 4.69) is 10.4 Å². The number of Topliss-reactive ketones (excluding diaryl/α,β-unsaturated/α-hetero) is 1. The Kier molecular flexibility index (Phi) is 8.05. The van der Waals surface area contributed by atoms with Crippen LogP contribution in [0.25, 0.3) is 0 Å². The van der Waals surface area contributed by atoms with Crippen LogP contribution in [0, 0.1) is 0 Å². The third-order valence-electron chi connectivity index (χ3n) is 4.89. The first-order valence-corrected chi connectivity index (χ1v) is 11.1. The number of ketones is 1. The smallest absolute Gasteiger partial charge is 0.302 e. The van der Waals surface area contributed by atoms with Crippen molar-refractivity contribution >= 4 is 40.1 Å². The summed E-state index contributed by atoms with van der Waals surface area (Å²) in [5.74, 6) is -0.619. The normalized spacial score (nSPS) is 15.6. The van der Waals surface area contributed by atoms with Gasteiger partial charge in [-0.25, -0.2) is 9.40 Å². The first-order valence-electron chi connectivity index (χ1n) is 10.2. The number of hydrazone groups is 1. The van der Waals surface area contributed by atoms with E-state index in [0.29, 0.717) is 29.1 Å². The van der Waals surface area contributed by atoms with Gasteiger partial charge in [0.05, 0.1) is 24.6 Å². The number of thioether (sulfide) groups is 1. The predicted octanol–water partition coefficient (Wildman–Crippen LogP) is 4.38. The number of hydrogen-bond donors (Lipinski definition) is 1. The third-order valence-corrected chi connectivity index (χ3v) is 6.14. The quantitative estimate of drug-likeness (QED) is 0.543. The summed E-state index contributed by atoms with van der Waals surface area (Å²) < 4.78 is 23.1. The highest BCUT2D eigenvalue weighted by Gasteiger charge is 2.30. The van der Waals surface area contributed by atoms with Crippen LogP contribution >= 0.6 is 11.8 Å². The molecule has 174 valence electrons. The van der Waals surface area contributed by atoms with Gasteiger partial charge in [-0.3, -0.25) is 14.4 Å². The molecule has 1 aliphatic heterocycles. The van der Waals surface area contributed by atoms with Crippen LogP contribution in [0.5, 0.6) is 11.5 Å². The van der Waals surface area contributed by atoms with Gasteiger partial charge in [0.25, 0.3) is 5.91 Å². The number of ether oxygens (including phenoxy) is 2. The molecule has 2 amide bonds. The number of methoxy groups -OCH3 is 1. The molecule has 2 aromatic carbocycles. The zero-order valence-electron chi connectivity index (χ0n) is 18.5. The highest BCUT2D eigenvalue weighted by Crippen LogP contribution is 2.34. The Morgan fingerprint density at radius 1 is 1.18 bits per heavy atom. The number of nitrogens with one attached hydrogen (secondary N) is 1. The lowest BCUT2D eigenvalue weighted by Gasteiger charge is -2.28. The topological polar surface area (TPSA) is 97.3 Å². The van der Waals surface area contributed by atoms with Crippen molar-refractivity contribution in [1.82, 2.24) is 5.01 Å². The Bertz CT molecular complexity index is 1070. The van der Waals surface area contributed by atoms with E-state index in [1.54, 1.807) is 42.5 Å². The van der Waals surface area contributed by atoms with Crippen molar-refractivity contribution in [1.29, 1.82) is 0 Å². The highest BCUT2D eigenvalue weighted by molar-refractivity contribution is 8.14. The minimum atomic E-state index is -0.994. The van der Waals surface area contributed by atoms with Gasteiger partial charge in [0.2, 0.25) is 12.6 Å². The molecule has 1 heterocycles. The molecule has 1 N–H and O–H groups in total. The first kappa shape index (κ1) is 24.2. The van der Waals surface area contributed by atoms with E-state index in [4.69, 9.17) is 9.47 Å². The van der Waals surface area contributed by atoms with Crippen LogP contribution < -0.4 is 14.8 Å².